The number of benzene rings is 3. The monoisotopic (exact) mass is 450 g/mol. The van der Waals surface area contributed by atoms with Gasteiger partial charge in [0, 0.05) is 5.69 Å². The molecular weight excluding hydrogens is 432 g/mol. The smallest absolute Gasteiger partial charge is 0.263 e. The summed E-state index contributed by atoms with van der Waals surface area (Å²) in [5.41, 5.74) is 2.04. The van der Waals surface area contributed by atoms with Gasteiger partial charge in [-0.15, -0.1) is 0 Å². The summed E-state index contributed by atoms with van der Waals surface area (Å²) in [5.74, 6) is 0. The minimum atomic E-state index is -3.99. The highest BCUT2D eigenvalue weighted by atomic mass is 35.5. The van der Waals surface area contributed by atoms with Gasteiger partial charge in [0.1, 0.15) is 4.90 Å². The number of hydrogen-bond acceptors (Lipinski definition) is 4. The predicted octanol–water partition coefficient (Wildman–Crippen LogP) is 4.56. The molecule has 0 fully saturated rings. The lowest BCUT2D eigenvalue weighted by atomic mass is 10.2. The quantitative estimate of drug-likeness (QED) is 0.575. The average molecular weight is 451 g/mol. The van der Waals surface area contributed by atoms with Gasteiger partial charge < -0.3 is 0 Å². The van der Waals surface area contributed by atoms with Crippen molar-refractivity contribution in [1.29, 1.82) is 0 Å². The minimum absolute atomic E-state index is 0.0681. The molecule has 152 valence electrons. The van der Waals surface area contributed by atoms with Crippen LogP contribution in [0.1, 0.15) is 11.1 Å². The summed E-state index contributed by atoms with van der Waals surface area (Å²) < 4.78 is 55.8. The van der Waals surface area contributed by atoms with Gasteiger partial charge in [-0.2, -0.15) is 0 Å². The highest BCUT2D eigenvalue weighted by Gasteiger charge is 2.21. The summed E-state index contributed by atoms with van der Waals surface area (Å²) in [7, 11) is -7.90. The predicted molar refractivity (Wildman–Crippen MR) is 115 cm³/mol. The molecule has 0 aromatic heterocycles. The molecule has 29 heavy (non-hydrogen) atoms. The SMILES string of the molecule is Cc1cccc(NS(=O)(=O)c2ccc(C)c(NS(=O)(=O)c3ccccc3Cl)c2)c1. The van der Waals surface area contributed by atoms with Crippen molar-refractivity contribution in [2.24, 2.45) is 0 Å². The van der Waals surface area contributed by atoms with Gasteiger partial charge in [-0.3, -0.25) is 9.44 Å². The molecule has 0 spiro atoms. The highest BCUT2D eigenvalue weighted by Crippen LogP contribution is 2.27. The van der Waals surface area contributed by atoms with Gasteiger partial charge in [0.2, 0.25) is 0 Å². The molecule has 0 radical (unpaired) electrons. The molecule has 3 aromatic rings. The molecule has 0 amide bonds. The van der Waals surface area contributed by atoms with Gasteiger partial charge >= 0.3 is 0 Å². The van der Waals surface area contributed by atoms with Crippen LogP contribution in [-0.2, 0) is 20.0 Å². The summed E-state index contributed by atoms with van der Waals surface area (Å²) in [5, 5.41) is 0.0718. The summed E-state index contributed by atoms with van der Waals surface area (Å²) in [6.07, 6.45) is 0. The zero-order chi connectivity index (χ0) is 21.2. The molecule has 0 bridgehead atoms. The third kappa shape index (κ3) is 4.90. The van der Waals surface area contributed by atoms with Crippen molar-refractivity contribution in [1.82, 2.24) is 0 Å². The molecule has 6 nitrogen and oxygen atoms in total. The van der Waals surface area contributed by atoms with Gasteiger partial charge in [0.25, 0.3) is 20.0 Å². The number of hydrogen-bond donors (Lipinski definition) is 2. The van der Waals surface area contributed by atoms with Crippen LogP contribution in [-0.4, -0.2) is 16.8 Å². The van der Waals surface area contributed by atoms with Crippen molar-refractivity contribution < 1.29 is 16.8 Å². The van der Waals surface area contributed by atoms with Crippen molar-refractivity contribution in [3.63, 3.8) is 0 Å². The van der Waals surface area contributed by atoms with Gasteiger partial charge in [0.15, 0.2) is 0 Å². The zero-order valence-electron chi connectivity index (χ0n) is 15.7. The summed E-state index contributed by atoms with van der Waals surface area (Å²) in [6, 6.07) is 17.2. The second kappa shape index (κ2) is 8.06. The van der Waals surface area contributed by atoms with Crippen molar-refractivity contribution >= 4 is 43.0 Å². The summed E-state index contributed by atoms with van der Waals surface area (Å²) >= 11 is 6.00. The van der Waals surface area contributed by atoms with E-state index in [-0.39, 0.29) is 20.5 Å². The van der Waals surface area contributed by atoms with Crippen molar-refractivity contribution in [2.75, 3.05) is 9.44 Å². The Morgan fingerprint density at radius 2 is 1.48 bits per heavy atom. The Kier molecular flexibility index (Phi) is 5.88. The summed E-state index contributed by atoms with van der Waals surface area (Å²) in [6.45, 7) is 3.53. The zero-order valence-corrected chi connectivity index (χ0v) is 18.1. The molecule has 3 rings (SSSR count). The van der Waals surface area contributed by atoms with Gasteiger partial charge in [-0.25, -0.2) is 16.8 Å². The van der Waals surface area contributed by atoms with E-state index in [4.69, 9.17) is 11.6 Å². The molecule has 0 unspecified atom stereocenters. The van der Waals surface area contributed by atoms with E-state index < -0.39 is 20.0 Å². The molecule has 0 aliphatic heterocycles. The fourth-order valence-electron chi connectivity index (χ4n) is 2.66. The lowest BCUT2D eigenvalue weighted by Gasteiger charge is -2.14. The van der Waals surface area contributed by atoms with Gasteiger partial charge in [0.05, 0.1) is 15.6 Å². The first-order chi connectivity index (χ1) is 13.6. The van der Waals surface area contributed by atoms with Crippen LogP contribution in [0.2, 0.25) is 5.02 Å². The van der Waals surface area contributed by atoms with Crippen LogP contribution < -0.4 is 9.44 Å². The molecule has 0 atom stereocenters. The lowest BCUT2D eigenvalue weighted by Crippen LogP contribution is -2.16. The van der Waals surface area contributed by atoms with Crippen LogP contribution in [0.3, 0.4) is 0 Å². The molecule has 3 aromatic carbocycles. The van der Waals surface area contributed by atoms with Gasteiger partial charge in [-0.05, 0) is 61.4 Å². The fourth-order valence-corrected chi connectivity index (χ4v) is 5.38. The fraction of sp³-hybridized carbons (Fsp3) is 0.100. The second-order valence-corrected chi connectivity index (χ2v) is 10.2. The number of aryl methyl sites for hydroxylation is 2. The molecule has 2 N–H and O–H groups in total. The van der Waals surface area contributed by atoms with Crippen molar-refractivity contribution in [2.45, 2.75) is 23.6 Å². The Labute approximate surface area is 175 Å². The molecule has 0 heterocycles. The minimum Gasteiger partial charge on any atom is -0.280 e. The first-order valence-electron chi connectivity index (χ1n) is 8.56. The van der Waals surface area contributed by atoms with E-state index in [9.17, 15) is 16.8 Å². The Bertz CT molecular complexity index is 1270. The van der Waals surface area contributed by atoms with E-state index in [1.807, 2.05) is 13.0 Å². The topological polar surface area (TPSA) is 92.3 Å². The molecule has 0 saturated heterocycles. The molecule has 9 heteroatoms. The van der Waals surface area contributed by atoms with E-state index in [0.717, 1.165) is 5.56 Å². The maximum Gasteiger partial charge on any atom is 0.263 e. The first-order valence-corrected chi connectivity index (χ1v) is 11.9. The van der Waals surface area contributed by atoms with Crippen LogP contribution in [0.5, 0.6) is 0 Å². The van der Waals surface area contributed by atoms with Crippen LogP contribution in [0.4, 0.5) is 11.4 Å². The molecule has 0 aliphatic carbocycles. The Balaban J connectivity index is 1.95. The van der Waals surface area contributed by atoms with E-state index in [2.05, 4.69) is 9.44 Å². The van der Waals surface area contributed by atoms with Crippen LogP contribution in [0.15, 0.2) is 76.5 Å². The van der Waals surface area contributed by atoms with Gasteiger partial charge in [-0.1, -0.05) is 41.9 Å². The van der Waals surface area contributed by atoms with Crippen molar-refractivity contribution in [3.8, 4) is 0 Å². The van der Waals surface area contributed by atoms with E-state index in [1.165, 1.54) is 30.3 Å². The largest absolute Gasteiger partial charge is 0.280 e. The van der Waals surface area contributed by atoms with E-state index in [1.54, 1.807) is 37.3 Å². The normalized spacial score (nSPS) is 11.8. The van der Waals surface area contributed by atoms with Crippen LogP contribution >= 0.6 is 11.6 Å². The van der Waals surface area contributed by atoms with Crippen LogP contribution in [0.25, 0.3) is 0 Å². The number of nitrogens with one attached hydrogen (secondary N) is 2. The number of anilines is 2. The van der Waals surface area contributed by atoms with E-state index in [0.29, 0.717) is 11.3 Å². The molecule has 0 aliphatic rings. The van der Waals surface area contributed by atoms with Crippen LogP contribution in [0, 0.1) is 13.8 Å². The number of rotatable bonds is 6. The standard InChI is InChI=1S/C20H19ClN2O4S2/c1-14-6-5-7-16(12-14)22-28(24,25)17-11-10-15(2)19(13-17)23-29(26,27)20-9-4-3-8-18(20)21/h3-13,22-23H,1-2H3. The maximum atomic E-state index is 12.8. The Hall–Kier alpha value is -2.55. The second-order valence-electron chi connectivity index (χ2n) is 6.49. The Morgan fingerprint density at radius 3 is 2.17 bits per heavy atom. The average Bonchev–Trinajstić information content (AvgIpc) is 2.63. The third-order valence-electron chi connectivity index (χ3n) is 4.16. The third-order valence-corrected chi connectivity index (χ3v) is 7.40. The summed E-state index contributed by atoms with van der Waals surface area (Å²) in [4.78, 5) is -0.159. The lowest BCUT2D eigenvalue weighted by molar-refractivity contribution is 0.598. The highest BCUT2D eigenvalue weighted by molar-refractivity contribution is 7.93. The number of halogens is 1. The maximum absolute atomic E-state index is 12.8. The molecular formula is C20H19ClN2O4S2. The van der Waals surface area contributed by atoms with E-state index >= 15 is 0 Å². The Morgan fingerprint density at radius 1 is 0.759 bits per heavy atom. The molecule has 0 saturated carbocycles. The van der Waals surface area contributed by atoms with Crippen molar-refractivity contribution in [3.05, 3.63) is 82.9 Å². The first kappa shape index (κ1) is 21.2. The number of sulfonamides is 2.